The molecule has 0 saturated heterocycles. The van der Waals surface area contributed by atoms with E-state index in [0.29, 0.717) is 20.6 Å². The highest BCUT2D eigenvalue weighted by molar-refractivity contribution is 7.13. The summed E-state index contributed by atoms with van der Waals surface area (Å²) in [6, 6.07) is 17.7. The van der Waals surface area contributed by atoms with Crippen LogP contribution in [0.25, 0.3) is 22.3 Å². The van der Waals surface area contributed by atoms with Gasteiger partial charge in [0.05, 0.1) is 46.1 Å². The van der Waals surface area contributed by atoms with Crippen LogP contribution in [0, 0.1) is 0 Å². The summed E-state index contributed by atoms with van der Waals surface area (Å²) in [6.07, 6.45) is 3.71. The first-order valence-corrected chi connectivity index (χ1v) is 16.7. The Labute approximate surface area is 288 Å². The first-order valence-electron chi connectivity index (χ1n) is 15.0. The maximum atomic E-state index is 14.3. The second-order valence-corrected chi connectivity index (χ2v) is 12.5. The lowest BCUT2D eigenvalue weighted by Gasteiger charge is -2.25. The molecular formula is C35H32N4O8S2. The number of esters is 2. The van der Waals surface area contributed by atoms with Crippen molar-refractivity contribution in [3.63, 3.8) is 0 Å². The zero-order valence-corrected chi connectivity index (χ0v) is 28.8. The number of carboxylic acid groups (broad SMARTS) is 1. The molecule has 2 aromatic carbocycles. The molecule has 0 radical (unpaired) electrons. The summed E-state index contributed by atoms with van der Waals surface area (Å²) in [4.78, 5) is 54.3. The fourth-order valence-electron chi connectivity index (χ4n) is 5.15. The van der Waals surface area contributed by atoms with E-state index in [2.05, 4.69) is 4.99 Å². The van der Waals surface area contributed by atoms with Gasteiger partial charge in [-0.3, -0.25) is 19.0 Å². The molecule has 3 aromatic heterocycles. The number of carbonyl (C=O) groups is 3. The van der Waals surface area contributed by atoms with Crippen molar-refractivity contribution < 1.29 is 33.7 Å². The first kappa shape index (κ1) is 34.7. The molecule has 0 amide bonds. The van der Waals surface area contributed by atoms with E-state index >= 15 is 0 Å². The third kappa shape index (κ3) is 7.60. The molecule has 1 unspecified atom stereocenters. The third-order valence-corrected chi connectivity index (χ3v) is 8.94. The van der Waals surface area contributed by atoms with Crippen molar-refractivity contribution in [2.75, 3.05) is 13.7 Å². The summed E-state index contributed by atoms with van der Waals surface area (Å²) >= 11 is 2.79. The molecule has 0 bridgehead atoms. The van der Waals surface area contributed by atoms with Gasteiger partial charge in [0, 0.05) is 25.6 Å². The number of rotatable bonds is 8. The van der Waals surface area contributed by atoms with Gasteiger partial charge in [-0.2, -0.15) is 5.10 Å². The Hall–Kier alpha value is -5.60. The number of carboxylic acids is 1. The van der Waals surface area contributed by atoms with Gasteiger partial charge in [-0.1, -0.05) is 41.7 Å². The van der Waals surface area contributed by atoms with Gasteiger partial charge < -0.3 is 19.3 Å². The van der Waals surface area contributed by atoms with Crippen molar-refractivity contribution >= 4 is 46.7 Å². The van der Waals surface area contributed by atoms with E-state index < -0.39 is 23.9 Å². The van der Waals surface area contributed by atoms with Crippen molar-refractivity contribution in [2.24, 2.45) is 4.99 Å². The van der Waals surface area contributed by atoms with Gasteiger partial charge in [0.15, 0.2) is 16.3 Å². The molecule has 49 heavy (non-hydrogen) atoms. The number of thiophene rings is 1. The van der Waals surface area contributed by atoms with E-state index in [1.165, 1.54) is 29.9 Å². The van der Waals surface area contributed by atoms with Gasteiger partial charge in [0.1, 0.15) is 5.69 Å². The normalized spacial score (nSPS) is 13.9. The molecule has 6 rings (SSSR count). The Morgan fingerprint density at radius 2 is 1.78 bits per heavy atom. The van der Waals surface area contributed by atoms with Gasteiger partial charge in [-0.25, -0.2) is 14.5 Å². The minimum Gasteiger partial charge on any atom is -0.493 e. The fourth-order valence-corrected chi connectivity index (χ4v) is 6.92. The van der Waals surface area contributed by atoms with Crippen molar-refractivity contribution in [1.82, 2.24) is 14.3 Å². The molecule has 252 valence electrons. The summed E-state index contributed by atoms with van der Waals surface area (Å²) in [5.41, 5.74) is 3.29. The average Bonchev–Trinajstić information content (AvgIpc) is 3.81. The second kappa shape index (κ2) is 15.1. The van der Waals surface area contributed by atoms with Crippen LogP contribution in [-0.2, 0) is 19.1 Å². The van der Waals surface area contributed by atoms with Crippen LogP contribution in [0.1, 0.15) is 44.9 Å². The summed E-state index contributed by atoms with van der Waals surface area (Å²) in [7, 11) is 1.45. The first-order chi connectivity index (χ1) is 23.5. The predicted octanol–water partition coefficient (Wildman–Crippen LogP) is 4.74. The van der Waals surface area contributed by atoms with Crippen LogP contribution in [0.5, 0.6) is 11.5 Å². The molecule has 0 fully saturated rings. The highest BCUT2D eigenvalue weighted by Gasteiger charge is 2.34. The Bertz CT molecular complexity index is 2230. The number of aliphatic carboxylic acids is 1. The third-order valence-electron chi connectivity index (χ3n) is 7.08. The van der Waals surface area contributed by atoms with Crippen molar-refractivity contribution in [1.29, 1.82) is 0 Å². The minimum atomic E-state index is -0.869. The van der Waals surface area contributed by atoms with Crippen LogP contribution in [0.2, 0.25) is 0 Å². The number of thiazole rings is 1. The molecular weight excluding hydrogens is 669 g/mol. The van der Waals surface area contributed by atoms with Crippen molar-refractivity contribution in [3.8, 4) is 27.8 Å². The lowest BCUT2D eigenvalue weighted by molar-refractivity contribution is -0.139. The highest BCUT2D eigenvalue weighted by Crippen LogP contribution is 2.36. The van der Waals surface area contributed by atoms with E-state index in [0.717, 1.165) is 28.7 Å². The number of nitrogens with zero attached hydrogens (tertiary/aromatic N) is 4. The molecule has 1 aliphatic rings. The van der Waals surface area contributed by atoms with E-state index in [-0.39, 0.29) is 29.2 Å². The van der Waals surface area contributed by atoms with Crippen LogP contribution in [0.4, 0.5) is 0 Å². The number of para-hydroxylation sites is 1. The fraction of sp³-hybridized carbons (Fsp3) is 0.200. The summed E-state index contributed by atoms with van der Waals surface area (Å²) in [5.74, 6) is -1.42. The van der Waals surface area contributed by atoms with Crippen LogP contribution in [0.3, 0.4) is 0 Å². The number of hydrogen-bond donors (Lipinski definition) is 1. The Balaban J connectivity index is 0.00000111. The standard InChI is InChI=1S/C33H28N4O6S2.C2H4O2/c1-5-42-32(40)28-19(2)34-33-37(30(28)21-13-14-24(43-20(3)38)25(16-21)41-4)31(39)27(45-33)17-22-18-36(23-10-7-6-8-11-23)35-29(22)26-12-9-15-44-26;1-2(3)4/h6-18,30H,5H2,1-4H3;1H3,(H,3,4)/b27-17-;. The maximum absolute atomic E-state index is 14.3. The quantitative estimate of drug-likeness (QED) is 0.179. The number of methoxy groups -OCH3 is 1. The van der Waals surface area contributed by atoms with Crippen molar-refractivity contribution in [3.05, 3.63) is 114 Å². The van der Waals surface area contributed by atoms with Crippen LogP contribution >= 0.6 is 22.7 Å². The number of aromatic nitrogens is 3. The van der Waals surface area contributed by atoms with E-state index in [1.807, 2.05) is 60.1 Å². The van der Waals surface area contributed by atoms with E-state index in [1.54, 1.807) is 48.1 Å². The van der Waals surface area contributed by atoms with Gasteiger partial charge in [-0.15, -0.1) is 11.3 Å². The molecule has 1 N–H and O–H groups in total. The molecule has 5 aromatic rings. The summed E-state index contributed by atoms with van der Waals surface area (Å²) < 4.78 is 19.9. The molecule has 0 aliphatic carbocycles. The van der Waals surface area contributed by atoms with E-state index in [4.69, 9.17) is 29.2 Å². The largest absolute Gasteiger partial charge is 0.493 e. The van der Waals surface area contributed by atoms with Gasteiger partial charge in [-0.05, 0) is 61.2 Å². The van der Waals surface area contributed by atoms with Gasteiger partial charge in [0.25, 0.3) is 11.5 Å². The maximum Gasteiger partial charge on any atom is 0.338 e. The van der Waals surface area contributed by atoms with E-state index in [9.17, 15) is 14.4 Å². The molecule has 0 spiro atoms. The second-order valence-electron chi connectivity index (χ2n) is 10.5. The number of fused-ring (bicyclic) bond motifs is 1. The highest BCUT2D eigenvalue weighted by atomic mass is 32.1. The summed E-state index contributed by atoms with van der Waals surface area (Å²) in [5, 5.41) is 14.3. The zero-order valence-electron chi connectivity index (χ0n) is 27.2. The number of ether oxygens (including phenoxy) is 3. The van der Waals surface area contributed by atoms with Crippen molar-refractivity contribution in [2.45, 2.75) is 33.7 Å². The Kier molecular flexibility index (Phi) is 10.7. The number of carbonyl (C=O) groups excluding carboxylic acids is 2. The smallest absolute Gasteiger partial charge is 0.338 e. The Morgan fingerprint density at radius 3 is 2.41 bits per heavy atom. The van der Waals surface area contributed by atoms with Gasteiger partial charge in [0.2, 0.25) is 0 Å². The molecule has 0 saturated carbocycles. The molecule has 1 atom stereocenters. The zero-order chi connectivity index (χ0) is 35.2. The lowest BCUT2D eigenvalue weighted by Crippen LogP contribution is -2.40. The predicted molar refractivity (Wildman–Crippen MR) is 185 cm³/mol. The molecule has 14 heteroatoms. The number of benzene rings is 2. The summed E-state index contributed by atoms with van der Waals surface area (Å²) in [6.45, 7) is 5.97. The van der Waals surface area contributed by atoms with Crippen LogP contribution in [-0.4, -0.2) is 51.1 Å². The Morgan fingerprint density at radius 1 is 1.04 bits per heavy atom. The molecule has 4 heterocycles. The monoisotopic (exact) mass is 700 g/mol. The number of hydrogen-bond acceptors (Lipinski definition) is 11. The van der Waals surface area contributed by atoms with Crippen LogP contribution in [0.15, 0.2) is 93.3 Å². The average molecular weight is 701 g/mol. The van der Waals surface area contributed by atoms with Crippen LogP contribution < -0.4 is 24.4 Å². The SMILES string of the molecule is CC(=O)O.CCOC(=O)C1=C(C)N=c2s/c(=C\c3cn(-c4ccccc4)nc3-c3cccs3)c(=O)n2C1c1ccc(OC(C)=O)c(OC)c1. The lowest BCUT2D eigenvalue weighted by atomic mass is 9.95. The molecule has 12 nitrogen and oxygen atoms in total. The minimum absolute atomic E-state index is 0.151. The molecule has 1 aliphatic heterocycles. The number of allylic oxidation sites excluding steroid dienone is 1. The van der Waals surface area contributed by atoms with Gasteiger partial charge >= 0.3 is 11.9 Å². The topological polar surface area (TPSA) is 151 Å².